The maximum atomic E-state index is 12.5. The number of benzene rings is 3. The summed E-state index contributed by atoms with van der Waals surface area (Å²) in [4.78, 5) is 14.5. The molecule has 0 aliphatic rings. The highest BCUT2D eigenvalue weighted by atomic mass is 127. The summed E-state index contributed by atoms with van der Waals surface area (Å²) in [6.45, 7) is 1.38. The molecule has 0 aliphatic carbocycles. The molecule has 3 aromatic carbocycles. The van der Waals surface area contributed by atoms with E-state index < -0.39 is 0 Å². The van der Waals surface area contributed by atoms with Gasteiger partial charge in [0.2, 0.25) is 0 Å². The van der Waals surface area contributed by atoms with Crippen molar-refractivity contribution in [2.45, 2.75) is 0 Å². The third kappa shape index (κ3) is 6.35. The van der Waals surface area contributed by atoms with Crippen LogP contribution in [-0.2, 0) is 0 Å². The molecule has 2 N–H and O–H groups in total. The van der Waals surface area contributed by atoms with Gasteiger partial charge in [0, 0.05) is 18.3 Å². The van der Waals surface area contributed by atoms with Gasteiger partial charge in [-0.25, -0.2) is 4.79 Å². The molecular formula is C23H23ClIN3O2. The minimum absolute atomic E-state index is 0.371. The number of amides is 2. The Morgan fingerprint density at radius 2 is 1.77 bits per heavy atom. The summed E-state index contributed by atoms with van der Waals surface area (Å²) >= 11 is 8.60. The topological polar surface area (TPSA) is 53.6 Å². The van der Waals surface area contributed by atoms with Crippen LogP contribution in [0.15, 0.2) is 66.7 Å². The quantitative estimate of drug-likeness (QED) is 0.355. The molecule has 156 valence electrons. The molecule has 0 saturated carbocycles. The van der Waals surface area contributed by atoms with E-state index in [9.17, 15) is 4.79 Å². The second-order valence-electron chi connectivity index (χ2n) is 6.94. The summed E-state index contributed by atoms with van der Waals surface area (Å²) in [5.41, 5.74) is 3.24. The number of nitrogens with one attached hydrogen (secondary N) is 2. The van der Waals surface area contributed by atoms with Gasteiger partial charge in [0.25, 0.3) is 0 Å². The molecule has 0 bridgehead atoms. The van der Waals surface area contributed by atoms with E-state index >= 15 is 0 Å². The predicted octanol–water partition coefficient (Wildman–Crippen LogP) is 6.20. The van der Waals surface area contributed by atoms with Crippen LogP contribution in [-0.4, -0.2) is 38.2 Å². The Morgan fingerprint density at radius 3 is 2.47 bits per heavy atom. The Bertz CT molecular complexity index is 1010. The summed E-state index contributed by atoms with van der Waals surface area (Å²) in [6, 6.07) is 20.7. The lowest BCUT2D eigenvalue weighted by Gasteiger charge is -2.14. The van der Waals surface area contributed by atoms with Gasteiger partial charge in [-0.05, 0) is 72.1 Å². The molecule has 2 amide bonds. The zero-order valence-electron chi connectivity index (χ0n) is 16.8. The van der Waals surface area contributed by atoms with Crippen molar-refractivity contribution in [3.63, 3.8) is 0 Å². The second-order valence-corrected chi connectivity index (χ2v) is 8.51. The highest BCUT2D eigenvalue weighted by Crippen LogP contribution is 2.29. The van der Waals surface area contributed by atoms with Gasteiger partial charge < -0.3 is 20.3 Å². The number of urea groups is 1. The van der Waals surface area contributed by atoms with E-state index in [1.54, 1.807) is 6.07 Å². The Balaban J connectivity index is 1.64. The van der Waals surface area contributed by atoms with Crippen molar-refractivity contribution in [2.24, 2.45) is 0 Å². The summed E-state index contributed by atoms with van der Waals surface area (Å²) < 4.78 is 6.80. The van der Waals surface area contributed by atoms with Gasteiger partial charge >= 0.3 is 6.03 Å². The number of hydrogen-bond acceptors (Lipinski definition) is 3. The molecule has 0 spiro atoms. The molecular weight excluding hydrogens is 513 g/mol. The fourth-order valence-corrected chi connectivity index (χ4v) is 3.46. The normalized spacial score (nSPS) is 10.7. The van der Waals surface area contributed by atoms with Crippen molar-refractivity contribution in [1.82, 2.24) is 4.90 Å². The van der Waals surface area contributed by atoms with Crippen LogP contribution in [0, 0.1) is 3.57 Å². The lowest BCUT2D eigenvalue weighted by molar-refractivity contribution is 0.260. The lowest BCUT2D eigenvalue weighted by Crippen LogP contribution is -2.20. The summed E-state index contributed by atoms with van der Waals surface area (Å²) in [7, 11) is 3.99. The van der Waals surface area contributed by atoms with Crippen LogP contribution in [0.3, 0.4) is 0 Å². The van der Waals surface area contributed by atoms with Gasteiger partial charge in [0.15, 0.2) is 0 Å². The lowest BCUT2D eigenvalue weighted by atomic mass is 10.1. The highest BCUT2D eigenvalue weighted by Gasteiger charge is 2.10. The van der Waals surface area contributed by atoms with Crippen molar-refractivity contribution in [3.8, 4) is 16.9 Å². The summed E-state index contributed by atoms with van der Waals surface area (Å²) in [6.07, 6.45) is 0. The fourth-order valence-electron chi connectivity index (χ4n) is 2.74. The van der Waals surface area contributed by atoms with E-state index in [1.807, 2.05) is 74.8 Å². The van der Waals surface area contributed by atoms with Crippen molar-refractivity contribution < 1.29 is 9.53 Å². The molecule has 5 nitrogen and oxygen atoms in total. The van der Waals surface area contributed by atoms with Crippen molar-refractivity contribution in [3.05, 3.63) is 75.3 Å². The Morgan fingerprint density at radius 1 is 1.00 bits per heavy atom. The third-order valence-electron chi connectivity index (χ3n) is 4.31. The first-order chi connectivity index (χ1) is 14.4. The van der Waals surface area contributed by atoms with E-state index in [1.165, 1.54) is 0 Å². The molecule has 0 aliphatic heterocycles. The van der Waals surface area contributed by atoms with Crippen LogP contribution < -0.4 is 15.4 Å². The fraction of sp³-hybridized carbons (Fsp3) is 0.174. The molecule has 0 fully saturated rings. The van der Waals surface area contributed by atoms with Gasteiger partial charge in [-0.15, -0.1) is 0 Å². The molecule has 0 saturated heterocycles. The average molecular weight is 536 g/mol. The summed E-state index contributed by atoms with van der Waals surface area (Å²) in [5.74, 6) is 0.737. The molecule has 0 atom stereocenters. The van der Waals surface area contributed by atoms with Crippen molar-refractivity contribution >= 4 is 51.6 Å². The number of halogens is 2. The van der Waals surface area contributed by atoms with Crippen LogP contribution in [0.2, 0.25) is 5.02 Å². The first kappa shape index (κ1) is 22.4. The largest absolute Gasteiger partial charge is 0.491 e. The average Bonchev–Trinajstić information content (AvgIpc) is 2.72. The molecule has 0 radical (unpaired) electrons. The number of anilines is 2. The van der Waals surface area contributed by atoms with Crippen LogP contribution in [0.4, 0.5) is 16.2 Å². The SMILES string of the molecule is CN(C)CCOc1cc(NC(=O)Nc2ccc(-c3ccccc3)cc2Cl)ccc1I. The van der Waals surface area contributed by atoms with Crippen LogP contribution in [0.5, 0.6) is 5.75 Å². The van der Waals surface area contributed by atoms with Crippen LogP contribution in [0.1, 0.15) is 0 Å². The molecule has 3 aromatic rings. The molecule has 3 rings (SSSR count). The van der Waals surface area contributed by atoms with Gasteiger partial charge in [-0.2, -0.15) is 0 Å². The van der Waals surface area contributed by atoms with Crippen molar-refractivity contribution in [2.75, 3.05) is 37.9 Å². The smallest absolute Gasteiger partial charge is 0.323 e. The summed E-state index contributed by atoms with van der Waals surface area (Å²) in [5, 5.41) is 6.10. The second kappa shape index (κ2) is 10.7. The zero-order valence-corrected chi connectivity index (χ0v) is 19.7. The monoisotopic (exact) mass is 535 g/mol. The maximum Gasteiger partial charge on any atom is 0.323 e. The van der Waals surface area contributed by atoms with Gasteiger partial charge in [0.05, 0.1) is 14.3 Å². The van der Waals surface area contributed by atoms with E-state index in [0.717, 1.165) is 27.0 Å². The van der Waals surface area contributed by atoms with Gasteiger partial charge in [0.1, 0.15) is 12.4 Å². The van der Waals surface area contributed by atoms with Crippen LogP contribution >= 0.6 is 34.2 Å². The number of carbonyl (C=O) groups excluding carboxylic acids is 1. The van der Waals surface area contributed by atoms with E-state index in [0.29, 0.717) is 23.0 Å². The minimum atomic E-state index is -0.371. The van der Waals surface area contributed by atoms with E-state index in [4.69, 9.17) is 16.3 Å². The standard InChI is InChI=1S/C23H23ClIN3O2/c1-28(2)12-13-30-22-15-18(9-10-20(22)25)26-23(29)27-21-11-8-17(14-19(21)24)16-6-4-3-5-7-16/h3-11,14-15H,12-13H2,1-2H3,(H2,26,27,29). The number of nitrogens with zero attached hydrogens (tertiary/aromatic N) is 1. The highest BCUT2D eigenvalue weighted by molar-refractivity contribution is 14.1. The number of rotatable bonds is 7. The van der Waals surface area contributed by atoms with E-state index in [2.05, 4.69) is 38.1 Å². The number of carbonyl (C=O) groups is 1. The van der Waals surface area contributed by atoms with E-state index in [-0.39, 0.29) is 6.03 Å². The predicted molar refractivity (Wildman–Crippen MR) is 133 cm³/mol. The van der Waals surface area contributed by atoms with Crippen LogP contribution in [0.25, 0.3) is 11.1 Å². The molecule has 30 heavy (non-hydrogen) atoms. The van der Waals surface area contributed by atoms with Gasteiger partial charge in [-0.3, -0.25) is 0 Å². The molecule has 7 heteroatoms. The minimum Gasteiger partial charge on any atom is -0.491 e. The third-order valence-corrected chi connectivity index (χ3v) is 5.51. The Kier molecular flexibility index (Phi) is 7.95. The first-order valence-corrected chi connectivity index (χ1v) is 10.9. The first-order valence-electron chi connectivity index (χ1n) is 9.42. The maximum absolute atomic E-state index is 12.5. The zero-order chi connectivity index (χ0) is 21.5. The Hall–Kier alpha value is -2.29. The van der Waals surface area contributed by atoms with Crippen molar-refractivity contribution in [1.29, 1.82) is 0 Å². The molecule has 0 unspecified atom stereocenters. The number of ether oxygens (including phenoxy) is 1. The number of hydrogen-bond donors (Lipinski definition) is 2. The molecule has 0 aromatic heterocycles. The Labute approximate surface area is 195 Å². The molecule has 0 heterocycles. The van der Waals surface area contributed by atoms with Gasteiger partial charge in [-0.1, -0.05) is 48.0 Å². The number of likely N-dealkylation sites (N-methyl/N-ethyl adjacent to an activating group) is 1.